The maximum Gasteiger partial charge on any atom is 0.0354 e. The highest BCUT2D eigenvalue weighted by Crippen LogP contribution is 2.25. The van der Waals surface area contributed by atoms with Crippen LogP contribution < -0.4 is 0 Å². The highest BCUT2D eigenvalue weighted by molar-refractivity contribution is 7.11. The van der Waals surface area contributed by atoms with Crippen molar-refractivity contribution in [2.24, 2.45) is 0 Å². The highest BCUT2D eigenvalue weighted by Gasteiger charge is 2.01. The van der Waals surface area contributed by atoms with Crippen molar-refractivity contribution in [1.29, 1.82) is 0 Å². The van der Waals surface area contributed by atoms with Crippen LogP contribution in [0.1, 0.15) is 18.2 Å². The third kappa shape index (κ3) is 1.23. The summed E-state index contributed by atoms with van der Waals surface area (Å²) in [4.78, 5) is 5.59. The summed E-state index contributed by atoms with van der Waals surface area (Å²) in [5, 5.41) is 4.86. The van der Waals surface area contributed by atoms with E-state index in [0.29, 0.717) is 0 Å². The maximum atomic E-state index is 4.09. The predicted molar refractivity (Wildman–Crippen MR) is 53.6 cm³/mol. The number of aromatic nitrogens is 1. The van der Waals surface area contributed by atoms with Crippen LogP contribution in [0.15, 0.2) is 23.8 Å². The molecule has 2 rings (SSSR count). The molecule has 0 saturated carbocycles. The SMILES string of the molecule is CCCc1scc2cnccc12. The lowest BCUT2D eigenvalue weighted by Crippen LogP contribution is -1.77. The minimum Gasteiger partial charge on any atom is -0.264 e. The molecule has 0 aliphatic heterocycles. The van der Waals surface area contributed by atoms with Gasteiger partial charge >= 0.3 is 0 Å². The Labute approximate surface area is 76.1 Å². The topological polar surface area (TPSA) is 12.9 Å². The van der Waals surface area contributed by atoms with E-state index in [4.69, 9.17) is 0 Å². The molecule has 0 unspecified atom stereocenters. The van der Waals surface area contributed by atoms with E-state index in [9.17, 15) is 0 Å². The molecule has 0 N–H and O–H groups in total. The molecule has 62 valence electrons. The first-order chi connectivity index (χ1) is 5.92. The molecule has 0 atom stereocenters. The summed E-state index contributed by atoms with van der Waals surface area (Å²) in [6, 6.07) is 2.11. The largest absolute Gasteiger partial charge is 0.264 e. The van der Waals surface area contributed by atoms with E-state index >= 15 is 0 Å². The smallest absolute Gasteiger partial charge is 0.0354 e. The van der Waals surface area contributed by atoms with Crippen molar-refractivity contribution >= 4 is 22.1 Å². The van der Waals surface area contributed by atoms with Gasteiger partial charge in [-0.2, -0.15) is 0 Å². The highest BCUT2D eigenvalue weighted by atomic mass is 32.1. The van der Waals surface area contributed by atoms with Crippen molar-refractivity contribution in [2.45, 2.75) is 19.8 Å². The molecule has 2 aromatic rings. The zero-order valence-electron chi connectivity index (χ0n) is 7.08. The second kappa shape index (κ2) is 3.23. The summed E-state index contributed by atoms with van der Waals surface area (Å²) in [5.74, 6) is 0. The predicted octanol–water partition coefficient (Wildman–Crippen LogP) is 3.25. The van der Waals surface area contributed by atoms with Gasteiger partial charge in [-0.15, -0.1) is 11.3 Å². The van der Waals surface area contributed by atoms with Crippen LogP contribution in [0.4, 0.5) is 0 Å². The molecule has 0 amide bonds. The Morgan fingerprint density at radius 1 is 1.50 bits per heavy atom. The summed E-state index contributed by atoms with van der Waals surface area (Å²) < 4.78 is 0. The van der Waals surface area contributed by atoms with Gasteiger partial charge in [-0.1, -0.05) is 13.3 Å². The van der Waals surface area contributed by atoms with Gasteiger partial charge in [0.05, 0.1) is 0 Å². The zero-order valence-corrected chi connectivity index (χ0v) is 7.90. The van der Waals surface area contributed by atoms with Gasteiger partial charge in [0.2, 0.25) is 0 Å². The number of rotatable bonds is 2. The molecule has 12 heavy (non-hydrogen) atoms. The number of nitrogens with zero attached hydrogens (tertiary/aromatic N) is 1. The molecule has 2 aromatic heterocycles. The Kier molecular flexibility index (Phi) is 2.09. The van der Waals surface area contributed by atoms with Crippen LogP contribution in [0.3, 0.4) is 0 Å². The fourth-order valence-electron chi connectivity index (χ4n) is 1.37. The second-order valence-electron chi connectivity index (χ2n) is 2.87. The fraction of sp³-hybridized carbons (Fsp3) is 0.300. The summed E-state index contributed by atoms with van der Waals surface area (Å²) >= 11 is 1.85. The molecule has 0 fully saturated rings. The molecule has 0 aliphatic carbocycles. The average molecular weight is 177 g/mol. The van der Waals surface area contributed by atoms with Gasteiger partial charge in [-0.05, 0) is 17.9 Å². The average Bonchev–Trinajstić information content (AvgIpc) is 2.50. The normalized spacial score (nSPS) is 10.8. The number of thiophene rings is 1. The Bertz CT molecular complexity index is 378. The Morgan fingerprint density at radius 2 is 2.42 bits per heavy atom. The Hall–Kier alpha value is -0.890. The maximum absolute atomic E-state index is 4.09. The summed E-state index contributed by atoms with van der Waals surface area (Å²) in [6.07, 6.45) is 6.22. The molecular formula is C10H11NS. The van der Waals surface area contributed by atoms with Crippen molar-refractivity contribution in [3.05, 3.63) is 28.7 Å². The number of hydrogen-bond acceptors (Lipinski definition) is 2. The Morgan fingerprint density at radius 3 is 3.25 bits per heavy atom. The molecule has 0 spiro atoms. The third-order valence-electron chi connectivity index (χ3n) is 1.96. The van der Waals surface area contributed by atoms with Crippen molar-refractivity contribution in [2.75, 3.05) is 0 Å². The second-order valence-corrected chi connectivity index (χ2v) is 3.84. The summed E-state index contributed by atoms with van der Waals surface area (Å²) in [6.45, 7) is 2.22. The van der Waals surface area contributed by atoms with Crippen LogP contribution in [-0.4, -0.2) is 4.98 Å². The molecular weight excluding hydrogens is 166 g/mol. The van der Waals surface area contributed by atoms with Gasteiger partial charge in [0.25, 0.3) is 0 Å². The van der Waals surface area contributed by atoms with Crippen molar-refractivity contribution in [3.63, 3.8) is 0 Å². The summed E-state index contributed by atoms with van der Waals surface area (Å²) in [5.41, 5.74) is 0. The molecule has 0 radical (unpaired) electrons. The van der Waals surface area contributed by atoms with Gasteiger partial charge in [0.15, 0.2) is 0 Å². The van der Waals surface area contributed by atoms with E-state index < -0.39 is 0 Å². The first-order valence-corrected chi connectivity index (χ1v) is 5.10. The van der Waals surface area contributed by atoms with Crippen LogP contribution in [0.5, 0.6) is 0 Å². The lowest BCUT2D eigenvalue weighted by atomic mass is 10.2. The van der Waals surface area contributed by atoms with Crippen LogP contribution >= 0.6 is 11.3 Å². The van der Waals surface area contributed by atoms with Crippen LogP contribution in [0, 0.1) is 0 Å². The first kappa shape index (κ1) is 7.74. The molecule has 0 aliphatic rings. The summed E-state index contributed by atoms with van der Waals surface area (Å²) in [7, 11) is 0. The van der Waals surface area contributed by atoms with Gasteiger partial charge in [0.1, 0.15) is 0 Å². The van der Waals surface area contributed by atoms with Gasteiger partial charge < -0.3 is 0 Å². The minimum atomic E-state index is 1.19. The van der Waals surface area contributed by atoms with E-state index in [-0.39, 0.29) is 0 Å². The van der Waals surface area contributed by atoms with E-state index in [2.05, 4.69) is 23.4 Å². The number of hydrogen-bond donors (Lipinski definition) is 0. The lowest BCUT2D eigenvalue weighted by molar-refractivity contribution is 0.945. The van der Waals surface area contributed by atoms with Crippen LogP contribution in [-0.2, 0) is 6.42 Å². The first-order valence-electron chi connectivity index (χ1n) is 4.22. The molecule has 0 saturated heterocycles. The molecule has 0 bridgehead atoms. The molecule has 0 aromatic carbocycles. The molecule has 2 heterocycles. The van der Waals surface area contributed by atoms with Crippen molar-refractivity contribution < 1.29 is 0 Å². The quantitative estimate of drug-likeness (QED) is 0.686. The van der Waals surface area contributed by atoms with Crippen LogP contribution in [0.2, 0.25) is 0 Å². The molecule has 1 nitrogen and oxygen atoms in total. The van der Waals surface area contributed by atoms with Gasteiger partial charge in [-0.25, -0.2) is 0 Å². The number of aryl methyl sites for hydroxylation is 1. The number of pyridine rings is 1. The number of fused-ring (bicyclic) bond motifs is 1. The van der Waals surface area contributed by atoms with Crippen molar-refractivity contribution in [3.8, 4) is 0 Å². The fourth-order valence-corrected chi connectivity index (χ4v) is 2.47. The lowest BCUT2D eigenvalue weighted by Gasteiger charge is -1.93. The van der Waals surface area contributed by atoms with Crippen LogP contribution in [0.25, 0.3) is 10.8 Å². The van der Waals surface area contributed by atoms with E-state index in [1.165, 1.54) is 28.5 Å². The van der Waals surface area contributed by atoms with Gasteiger partial charge in [-0.3, -0.25) is 4.98 Å². The van der Waals surface area contributed by atoms with Gasteiger partial charge in [0, 0.05) is 28.0 Å². The Balaban J connectivity index is 2.55. The minimum absolute atomic E-state index is 1.19. The van der Waals surface area contributed by atoms with Crippen molar-refractivity contribution in [1.82, 2.24) is 4.98 Å². The standard InChI is InChI=1S/C10H11NS/c1-2-3-10-9-4-5-11-6-8(9)7-12-10/h4-7H,2-3H2,1H3. The van der Waals surface area contributed by atoms with E-state index in [1.54, 1.807) is 0 Å². The third-order valence-corrected chi connectivity index (χ3v) is 3.04. The molecule has 2 heteroatoms. The van der Waals surface area contributed by atoms with E-state index in [1.807, 2.05) is 23.7 Å². The monoisotopic (exact) mass is 177 g/mol. The zero-order chi connectivity index (χ0) is 8.39. The van der Waals surface area contributed by atoms with E-state index in [0.717, 1.165) is 0 Å².